The van der Waals surface area contributed by atoms with Crippen LogP contribution in [-0.4, -0.2) is 22.1 Å². The van der Waals surface area contributed by atoms with Crippen LogP contribution < -0.4 is 9.46 Å². The van der Waals surface area contributed by atoms with Crippen LogP contribution in [0.5, 0.6) is 5.75 Å². The van der Waals surface area contributed by atoms with Crippen molar-refractivity contribution in [1.82, 2.24) is 4.72 Å². The van der Waals surface area contributed by atoms with Crippen molar-refractivity contribution in [3.8, 4) is 5.75 Å². The summed E-state index contributed by atoms with van der Waals surface area (Å²) in [7, 11) is 0.229. The first-order valence-corrected chi connectivity index (χ1v) is 8.23. The van der Waals surface area contributed by atoms with Gasteiger partial charge in [0.05, 0.1) is 28.9 Å². The van der Waals surface area contributed by atoms with Crippen LogP contribution in [0.25, 0.3) is 6.08 Å². The van der Waals surface area contributed by atoms with Crippen LogP contribution in [0.4, 0.5) is 4.39 Å². The molecule has 0 fully saturated rings. The number of halogens is 1. The van der Waals surface area contributed by atoms with Crippen molar-refractivity contribution >= 4 is 17.1 Å². The Kier molecular flexibility index (Phi) is 6.97. The molecule has 122 valence electrons. The molecule has 0 amide bonds. The average molecular weight is 325 g/mol. The van der Waals surface area contributed by atoms with Crippen LogP contribution in [0, 0.1) is 0 Å². The maximum absolute atomic E-state index is 14.5. The van der Waals surface area contributed by atoms with Gasteiger partial charge in [-0.15, -0.1) is 6.58 Å². The van der Waals surface area contributed by atoms with E-state index in [1.54, 1.807) is 37.5 Å². The molecule has 0 aliphatic heterocycles. The molecule has 0 bridgehead atoms. The van der Waals surface area contributed by atoms with E-state index >= 15 is 0 Å². The molecular weight excluding hydrogens is 301 g/mol. The van der Waals surface area contributed by atoms with E-state index in [2.05, 4.69) is 11.3 Å². The third-order valence-electron chi connectivity index (χ3n) is 2.96. The van der Waals surface area contributed by atoms with Crippen molar-refractivity contribution in [1.29, 1.82) is 0 Å². The second kappa shape index (κ2) is 8.25. The molecule has 0 spiro atoms. The second-order valence-electron chi connectivity index (χ2n) is 5.88. The summed E-state index contributed by atoms with van der Waals surface area (Å²) in [6, 6.07) is 6.42. The maximum Gasteiger partial charge on any atom is 0.119 e. The Labute approximate surface area is 134 Å². The van der Waals surface area contributed by atoms with E-state index in [4.69, 9.17) is 4.74 Å². The molecule has 0 heterocycles. The lowest BCUT2D eigenvalue weighted by Crippen LogP contribution is -2.40. The Morgan fingerprint density at radius 2 is 2.00 bits per heavy atom. The smallest absolute Gasteiger partial charge is 0.119 e. The van der Waals surface area contributed by atoms with Crippen LogP contribution in [0.1, 0.15) is 32.8 Å². The third kappa shape index (κ3) is 5.73. The molecular formula is C17H24FNO2S. The molecule has 2 atom stereocenters. The molecule has 5 heteroatoms. The molecule has 1 rings (SSSR count). The standard InChI is InChI=1S/C17H24FNO2S/c1-6-7-16(19-22(20)17(2,3)4)15(18)12-13-8-10-14(21-5)11-9-13/h6,8-12,16,19H,1,7H2,2-5H3/b15-12-/t16-,22?/m1/s1. The first-order chi connectivity index (χ1) is 10.3. The minimum absolute atomic E-state index is 0.361. The summed E-state index contributed by atoms with van der Waals surface area (Å²) in [6.07, 6.45) is 3.40. The highest BCUT2D eigenvalue weighted by Crippen LogP contribution is 2.19. The van der Waals surface area contributed by atoms with E-state index in [-0.39, 0.29) is 5.83 Å². The van der Waals surface area contributed by atoms with Gasteiger partial charge in [0, 0.05) is 0 Å². The zero-order chi connectivity index (χ0) is 16.8. The number of methoxy groups -OCH3 is 1. The Bertz CT molecular complexity index is 547. The van der Waals surface area contributed by atoms with E-state index < -0.39 is 21.8 Å². The Morgan fingerprint density at radius 3 is 2.45 bits per heavy atom. The lowest BCUT2D eigenvalue weighted by molar-refractivity contribution is 0.415. The fraction of sp³-hybridized carbons (Fsp3) is 0.412. The highest BCUT2D eigenvalue weighted by molar-refractivity contribution is 7.84. The Morgan fingerprint density at radius 1 is 1.41 bits per heavy atom. The number of hydrogen-bond acceptors (Lipinski definition) is 2. The molecule has 0 saturated carbocycles. The normalized spacial score (nSPS) is 15.2. The molecule has 1 aromatic rings. The van der Waals surface area contributed by atoms with Gasteiger partial charge in [0.1, 0.15) is 11.6 Å². The van der Waals surface area contributed by atoms with Gasteiger partial charge in [-0.2, -0.15) is 0 Å². The van der Waals surface area contributed by atoms with Crippen molar-refractivity contribution in [3.63, 3.8) is 0 Å². The predicted octanol–water partition coefficient (Wildman–Crippen LogP) is 4.00. The summed E-state index contributed by atoms with van der Waals surface area (Å²) >= 11 is 0. The monoisotopic (exact) mass is 325 g/mol. The van der Waals surface area contributed by atoms with Crippen molar-refractivity contribution < 1.29 is 13.3 Å². The molecule has 0 saturated heterocycles. The first-order valence-electron chi connectivity index (χ1n) is 7.08. The zero-order valence-corrected chi connectivity index (χ0v) is 14.4. The van der Waals surface area contributed by atoms with Gasteiger partial charge in [0.15, 0.2) is 0 Å². The molecule has 1 aromatic carbocycles. The highest BCUT2D eigenvalue weighted by atomic mass is 32.2. The van der Waals surface area contributed by atoms with Gasteiger partial charge >= 0.3 is 0 Å². The number of ether oxygens (including phenoxy) is 1. The van der Waals surface area contributed by atoms with E-state index in [0.717, 1.165) is 5.56 Å². The number of rotatable bonds is 7. The molecule has 1 N–H and O–H groups in total. The van der Waals surface area contributed by atoms with Crippen LogP contribution in [-0.2, 0) is 11.0 Å². The molecule has 0 radical (unpaired) electrons. The van der Waals surface area contributed by atoms with Crippen molar-refractivity contribution in [2.45, 2.75) is 38.0 Å². The quantitative estimate of drug-likeness (QED) is 0.770. The summed E-state index contributed by atoms with van der Waals surface area (Å²) in [5.41, 5.74) is 0.718. The summed E-state index contributed by atoms with van der Waals surface area (Å²) in [5.74, 6) is 0.342. The van der Waals surface area contributed by atoms with Gasteiger partial charge in [-0.3, -0.25) is 0 Å². The largest absolute Gasteiger partial charge is 0.497 e. The van der Waals surface area contributed by atoms with Gasteiger partial charge in [0.25, 0.3) is 0 Å². The van der Waals surface area contributed by atoms with E-state index in [0.29, 0.717) is 12.2 Å². The number of hydrogen-bond donors (Lipinski definition) is 1. The minimum atomic E-state index is -1.35. The van der Waals surface area contributed by atoms with E-state index in [1.165, 1.54) is 6.08 Å². The van der Waals surface area contributed by atoms with Crippen molar-refractivity contribution in [3.05, 3.63) is 48.3 Å². The average Bonchev–Trinajstić information content (AvgIpc) is 2.46. The Balaban J connectivity index is 2.91. The van der Waals surface area contributed by atoms with Crippen LogP contribution in [0.15, 0.2) is 42.7 Å². The predicted molar refractivity (Wildman–Crippen MR) is 91.7 cm³/mol. The summed E-state index contributed by atoms with van der Waals surface area (Å²) in [4.78, 5) is 0. The molecule has 1 unspecified atom stereocenters. The maximum atomic E-state index is 14.5. The molecule has 3 nitrogen and oxygen atoms in total. The van der Waals surface area contributed by atoms with Crippen molar-refractivity contribution in [2.24, 2.45) is 0 Å². The molecule has 0 aromatic heterocycles. The van der Waals surface area contributed by atoms with Crippen LogP contribution in [0.3, 0.4) is 0 Å². The highest BCUT2D eigenvalue weighted by Gasteiger charge is 2.24. The third-order valence-corrected chi connectivity index (χ3v) is 4.57. The van der Waals surface area contributed by atoms with Gasteiger partial charge in [-0.25, -0.2) is 13.3 Å². The molecule has 0 aliphatic carbocycles. The molecule has 22 heavy (non-hydrogen) atoms. The first kappa shape index (κ1) is 18.6. The fourth-order valence-corrected chi connectivity index (χ4v) is 2.47. The SMILES string of the molecule is C=CC[C@@H](NS(=O)C(C)(C)C)/C(F)=C/c1ccc(OC)cc1. The second-order valence-corrected chi connectivity index (χ2v) is 7.88. The van der Waals surface area contributed by atoms with Crippen LogP contribution in [0.2, 0.25) is 0 Å². The lowest BCUT2D eigenvalue weighted by atomic mass is 10.1. The van der Waals surface area contributed by atoms with Gasteiger partial charge in [0.2, 0.25) is 0 Å². The van der Waals surface area contributed by atoms with E-state index in [9.17, 15) is 8.60 Å². The van der Waals surface area contributed by atoms with Gasteiger partial charge in [-0.05, 0) is 51.0 Å². The zero-order valence-electron chi connectivity index (χ0n) is 13.6. The topological polar surface area (TPSA) is 38.3 Å². The van der Waals surface area contributed by atoms with Crippen LogP contribution >= 0.6 is 0 Å². The number of benzene rings is 1. The Hall–Kier alpha value is -1.46. The number of nitrogens with one attached hydrogen (secondary N) is 1. The minimum Gasteiger partial charge on any atom is -0.497 e. The summed E-state index contributed by atoms with van der Waals surface area (Å²) in [5, 5.41) is 0. The van der Waals surface area contributed by atoms with Crippen molar-refractivity contribution in [2.75, 3.05) is 7.11 Å². The summed E-state index contributed by atoms with van der Waals surface area (Å²) in [6.45, 7) is 9.15. The van der Waals surface area contributed by atoms with E-state index in [1.807, 2.05) is 20.8 Å². The molecule has 0 aliphatic rings. The summed E-state index contributed by atoms with van der Waals surface area (Å²) < 4.78 is 34.0. The lowest BCUT2D eigenvalue weighted by Gasteiger charge is -2.22. The van der Waals surface area contributed by atoms with Gasteiger partial charge in [-0.1, -0.05) is 18.2 Å². The van der Waals surface area contributed by atoms with Gasteiger partial charge < -0.3 is 4.74 Å². The fourth-order valence-electron chi connectivity index (χ4n) is 1.65.